The summed E-state index contributed by atoms with van der Waals surface area (Å²) in [5, 5.41) is 0. The zero-order valence-corrected chi connectivity index (χ0v) is 20.5. The number of hydrogen-bond acceptors (Lipinski definition) is 5. The van der Waals surface area contributed by atoms with E-state index < -0.39 is 17.2 Å². The average molecular weight is 441 g/mol. The van der Waals surface area contributed by atoms with E-state index in [1.165, 1.54) is 0 Å². The molecule has 31 heavy (non-hydrogen) atoms. The molecule has 0 N–H and O–H groups in total. The van der Waals surface area contributed by atoms with Crippen LogP contribution in [0.15, 0.2) is 47.4 Å². The highest BCUT2D eigenvalue weighted by Gasteiger charge is 2.35. The van der Waals surface area contributed by atoms with Gasteiger partial charge in [0.15, 0.2) is 11.4 Å². The van der Waals surface area contributed by atoms with Crippen LogP contribution in [-0.2, 0) is 9.53 Å². The summed E-state index contributed by atoms with van der Waals surface area (Å²) in [6, 6.07) is 11.5. The van der Waals surface area contributed by atoms with Crippen molar-refractivity contribution in [1.29, 1.82) is 0 Å². The van der Waals surface area contributed by atoms with Crippen molar-refractivity contribution in [1.82, 2.24) is 0 Å². The highest BCUT2D eigenvalue weighted by atomic mass is 32.2. The largest absolute Gasteiger partial charge is 0.476 e. The number of hydrogen-bond donors (Lipinski definition) is 0. The number of ether oxygens (including phenoxy) is 2. The maximum atomic E-state index is 12.6. The van der Waals surface area contributed by atoms with Gasteiger partial charge in [0, 0.05) is 10.5 Å². The second-order valence-corrected chi connectivity index (χ2v) is 9.84. The number of allylic oxidation sites excluding steroid dienone is 1. The van der Waals surface area contributed by atoms with Gasteiger partial charge in [-0.3, -0.25) is 4.79 Å². The molecule has 0 radical (unpaired) electrons. The van der Waals surface area contributed by atoms with Gasteiger partial charge in [0.1, 0.15) is 11.4 Å². The fourth-order valence-electron chi connectivity index (χ4n) is 3.05. The lowest BCUT2D eigenvalue weighted by Crippen LogP contribution is -2.43. The molecule has 0 aliphatic heterocycles. The van der Waals surface area contributed by atoms with Gasteiger partial charge in [-0.2, -0.15) is 0 Å². The van der Waals surface area contributed by atoms with E-state index in [2.05, 4.69) is 0 Å². The van der Waals surface area contributed by atoms with Gasteiger partial charge < -0.3 is 9.47 Å². The molecule has 0 spiro atoms. The second kappa shape index (κ2) is 9.73. The highest BCUT2D eigenvalue weighted by Crippen LogP contribution is 2.30. The molecule has 0 bridgehead atoms. The minimum absolute atomic E-state index is 0.0355. The zero-order chi connectivity index (χ0) is 23.4. The van der Waals surface area contributed by atoms with Gasteiger partial charge in [0.25, 0.3) is 0 Å². The fourth-order valence-corrected chi connectivity index (χ4v) is 3.65. The normalized spacial score (nSPS) is 12.1. The van der Waals surface area contributed by atoms with E-state index in [1.807, 2.05) is 83.3 Å². The molecule has 5 heteroatoms. The van der Waals surface area contributed by atoms with Gasteiger partial charge in [-0.05, 0) is 102 Å². The van der Waals surface area contributed by atoms with Gasteiger partial charge in [-0.1, -0.05) is 18.2 Å². The Morgan fingerprint density at radius 1 is 0.968 bits per heavy atom. The first-order valence-corrected chi connectivity index (χ1v) is 11.5. The Labute approximate surface area is 190 Å². The minimum Gasteiger partial charge on any atom is -0.476 e. The molecule has 4 nitrogen and oxygen atoms in total. The molecule has 2 aromatic rings. The highest BCUT2D eigenvalue weighted by molar-refractivity contribution is 7.98. The molecule has 0 saturated heterocycles. The SMILES string of the molecule is CSc1ccccc1C(=O)/C=C/c1cc(C)c(OC(C)(C)C(=O)OC(C)(C)C)c(C)c1. The van der Waals surface area contributed by atoms with Crippen molar-refractivity contribution in [2.75, 3.05) is 6.26 Å². The molecular weight excluding hydrogens is 408 g/mol. The molecule has 0 heterocycles. The first-order valence-electron chi connectivity index (χ1n) is 10.2. The number of ketones is 1. The van der Waals surface area contributed by atoms with Crippen LogP contribution >= 0.6 is 11.8 Å². The van der Waals surface area contributed by atoms with Gasteiger partial charge in [-0.25, -0.2) is 4.79 Å². The molecule has 166 valence electrons. The monoisotopic (exact) mass is 440 g/mol. The molecule has 0 aliphatic rings. The van der Waals surface area contributed by atoms with Crippen molar-refractivity contribution >= 4 is 29.6 Å². The van der Waals surface area contributed by atoms with Crippen LogP contribution in [0, 0.1) is 13.8 Å². The molecule has 0 fully saturated rings. The van der Waals surface area contributed by atoms with Crippen LogP contribution in [-0.4, -0.2) is 29.2 Å². The Morgan fingerprint density at radius 3 is 2.10 bits per heavy atom. The predicted octanol–water partition coefficient (Wildman–Crippen LogP) is 6.42. The summed E-state index contributed by atoms with van der Waals surface area (Å²) >= 11 is 1.55. The zero-order valence-electron chi connectivity index (χ0n) is 19.7. The lowest BCUT2D eigenvalue weighted by atomic mass is 10.0. The van der Waals surface area contributed by atoms with E-state index in [4.69, 9.17) is 9.47 Å². The van der Waals surface area contributed by atoms with Crippen molar-refractivity contribution in [2.45, 2.75) is 64.6 Å². The summed E-state index contributed by atoms with van der Waals surface area (Å²) in [7, 11) is 0. The Morgan fingerprint density at radius 2 is 1.55 bits per heavy atom. The third kappa shape index (κ3) is 6.73. The summed E-state index contributed by atoms with van der Waals surface area (Å²) in [5.74, 6) is 0.194. The summed E-state index contributed by atoms with van der Waals surface area (Å²) in [6.07, 6.45) is 5.36. The maximum Gasteiger partial charge on any atom is 0.350 e. The lowest BCUT2D eigenvalue weighted by molar-refractivity contribution is -0.171. The van der Waals surface area contributed by atoms with E-state index in [0.717, 1.165) is 21.6 Å². The molecule has 2 aromatic carbocycles. The summed E-state index contributed by atoms with van der Waals surface area (Å²) in [4.78, 5) is 26.1. The number of carbonyl (C=O) groups excluding carboxylic acids is 2. The van der Waals surface area contributed by atoms with Crippen molar-refractivity contribution in [3.8, 4) is 5.75 Å². The van der Waals surface area contributed by atoms with Crippen LogP contribution in [0.1, 0.15) is 61.7 Å². The quantitative estimate of drug-likeness (QED) is 0.215. The number of carbonyl (C=O) groups is 2. The van der Waals surface area contributed by atoms with Crippen LogP contribution in [0.3, 0.4) is 0 Å². The van der Waals surface area contributed by atoms with E-state index in [0.29, 0.717) is 11.3 Å². The van der Waals surface area contributed by atoms with Gasteiger partial charge in [0.05, 0.1) is 0 Å². The average Bonchev–Trinajstić information content (AvgIpc) is 2.67. The smallest absolute Gasteiger partial charge is 0.350 e. The third-order valence-electron chi connectivity index (χ3n) is 4.53. The molecule has 0 unspecified atom stereocenters. The van der Waals surface area contributed by atoms with Crippen LogP contribution in [0.25, 0.3) is 6.08 Å². The van der Waals surface area contributed by atoms with Crippen LogP contribution in [0.2, 0.25) is 0 Å². The topological polar surface area (TPSA) is 52.6 Å². The molecule has 0 saturated carbocycles. The van der Waals surface area contributed by atoms with Crippen molar-refractivity contribution in [2.24, 2.45) is 0 Å². The number of benzene rings is 2. The first-order chi connectivity index (χ1) is 14.3. The lowest BCUT2D eigenvalue weighted by Gasteiger charge is -2.30. The van der Waals surface area contributed by atoms with Gasteiger partial charge in [-0.15, -0.1) is 11.8 Å². The number of aryl methyl sites for hydroxylation is 2. The van der Waals surface area contributed by atoms with Crippen LogP contribution < -0.4 is 4.74 Å². The van der Waals surface area contributed by atoms with Crippen molar-refractivity contribution < 1.29 is 19.1 Å². The van der Waals surface area contributed by atoms with E-state index in [-0.39, 0.29) is 5.78 Å². The van der Waals surface area contributed by atoms with E-state index >= 15 is 0 Å². The van der Waals surface area contributed by atoms with Gasteiger partial charge in [0.2, 0.25) is 0 Å². The van der Waals surface area contributed by atoms with Crippen molar-refractivity contribution in [3.63, 3.8) is 0 Å². The standard InChI is InChI=1S/C26H32O4S/c1-17-15-19(13-14-21(27)20-11-9-10-12-22(20)31-8)16-18(2)23(17)29-26(6,7)24(28)30-25(3,4)5/h9-16H,1-8H3/b14-13+. The van der Waals surface area contributed by atoms with Gasteiger partial charge >= 0.3 is 5.97 Å². The van der Waals surface area contributed by atoms with E-state index in [1.54, 1.807) is 31.7 Å². The summed E-state index contributed by atoms with van der Waals surface area (Å²) in [6.45, 7) is 12.8. The van der Waals surface area contributed by atoms with E-state index in [9.17, 15) is 9.59 Å². The Hall–Kier alpha value is -2.53. The Bertz CT molecular complexity index is 974. The number of rotatable bonds is 7. The molecular formula is C26H32O4S. The summed E-state index contributed by atoms with van der Waals surface area (Å²) in [5.41, 5.74) is 1.64. The second-order valence-electron chi connectivity index (χ2n) is 9.00. The Balaban J connectivity index is 2.23. The fraction of sp³-hybridized carbons (Fsp3) is 0.385. The van der Waals surface area contributed by atoms with Crippen LogP contribution in [0.4, 0.5) is 0 Å². The number of thioether (sulfide) groups is 1. The number of esters is 1. The van der Waals surface area contributed by atoms with Crippen molar-refractivity contribution in [3.05, 3.63) is 64.7 Å². The van der Waals surface area contributed by atoms with Crippen LogP contribution in [0.5, 0.6) is 5.75 Å². The predicted molar refractivity (Wildman–Crippen MR) is 128 cm³/mol. The molecule has 0 amide bonds. The molecule has 2 rings (SSSR count). The molecule has 0 aliphatic carbocycles. The minimum atomic E-state index is -1.13. The molecule has 0 atom stereocenters. The third-order valence-corrected chi connectivity index (χ3v) is 5.33. The first kappa shape index (κ1) is 24.7. The Kier molecular flexibility index (Phi) is 7.77. The maximum absolute atomic E-state index is 12.6. The molecule has 0 aromatic heterocycles. The summed E-state index contributed by atoms with van der Waals surface area (Å²) < 4.78 is 11.6.